The lowest BCUT2D eigenvalue weighted by atomic mass is 9.62. The van der Waals surface area contributed by atoms with Crippen molar-refractivity contribution in [2.45, 2.75) is 70.1 Å². The van der Waals surface area contributed by atoms with Gasteiger partial charge in [-0.2, -0.15) is 5.26 Å². The van der Waals surface area contributed by atoms with Gasteiger partial charge in [0.25, 0.3) is 0 Å². The minimum absolute atomic E-state index is 0.00137. The molecule has 3 aromatic rings. The normalized spacial score (nSPS) is 20.5. The Bertz CT molecular complexity index is 1370. The fraction of sp³-hybridized carbons (Fsp3) is 0.423. The van der Waals surface area contributed by atoms with Crippen molar-refractivity contribution in [2.75, 3.05) is 4.90 Å². The molecule has 10 heteroatoms. The molecule has 1 fully saturated rings. The van der Waals surface area contributed by atoms with Gasteiger partial charge < -0.3 is 20.1 Å². The SMILES string of the molecule is CC(C)NC(=O)NC1CC2(C1)C(=O)N(Cc1nc3cc(Cl)ccc3n1CCCC#N)c1cnccc12. The van der Waals surface area contributed by atoms with E-state index >= 15 is 0 Å². The third-order valence-corrected chi connectivity index (χ3v) is 7.20. The van der Waals surface area contributed by atoms with Gasteiger partial charge in [0.2, 0.25) is 5.91 Å². The number of nitrogens with zero attached hydrogens (tertiary/aromatic N) is 5. The smallest absolute Gasteiger partial charge is 0.315 e. The topological polar surface area (TPSA) is 116 Å². The van der Waals surface area contributed by atoms with Crippen LogP contribution in [0.15, 0.2) is 36.7 Å². The van der Waals surface area contributed by atoms with Crippen molar-refractivity contribution in [3.05, 3.63) is 53.1 Å². The number of nitrogens with one attached hydrogen (secondary N) is 2. The quantitative estimate of drug-likeness (QED) is 0.470. The average Bonchev–Trinajstić information content (AvgIpc) is 3.26. The van der Waals surface area contributed by atoms with Crippen LogP contribution in [0.25, 0.3) is 11.0 Å². The molecule has 0 saturated heterocycles. The Morgan fingerprint density at radius 1 is 1.33 bits per heavy atom. The molecule has 5 rings (SSSR count). The molecule has 1 aliphatic carbocycles. The summed E-state index contributed by atoms with van der Waals surface area (Å²) >= 11 is 6.21. The number of halogens is 1. The van der Waals surface area contributed by atoms with E-state index in [-0.39, 0.29) is 30.6 Å². The summed E-state index contributed by atoms with van der Waals surface area (Å²) in [6, 6.07) is 9.41. The van der Waals surface area contributed by atoms with Gasteiger partial charge in [-0.3, -0.25) is 9.78 Å². The van der Waals surface area contributed by atoms with E-state index in [0.29, 0.717) is 37.3 Å². The summed E-state index contributed by atoms with van der Waals surface area (Å²) < 4.78 is 2.07. The first-order valence-electron chi connectivity index (χ1n) is 12.2. The number of hydrogen-bond acceptors (Lipinski definition) is 5. The van der Waals surface area contributed by atoms with Crippen LogP contribution in [0.3, 0.4) is 0 Å². The molecule has 9 nitrogen and oxygen atoms in total. The molecule has 2 N–H and O–H groups in total. The Labute approximate surface area is 214 Å². The zero-order valence-electron chi connectivity index (χ0n) is 20.3. The molecular weight excluding hydrogens is 478 g/mol. The van der Waals surface area contributed by atoms with E-state index in [1.165, 1.54) is 0 Å². The van der Waals surface area contributed by atoms with E-state index in [0.717, 1.165) is 28.1 Å². The van der Waals surface area contributed by atoms with E-state index in [4.69, 9.17) is 21.8 Å². The minimum atomic E-state index is -0.672. The molecule has 2 aliphatic rings. The van der Waals surface area contributed by atoms with Crippen molar-refractivity contribution in [3.8, 4) is 6.07 Å². The van der Waals surface area contributed by atoms with Gasteiger partial charge in [-0.15, -0.1) is 0 Å². The van der Waals surface area contributed by atoms with Crippen LogP contribution in [-0.4, -0.2) is 38.6 Å². The molecule has 0 radical (unpaired) electrons. The number of nitriles is 1. The van der Waals surface area contributed by atoms with Crippen LogP contribution < -0.4 is 15.5 Å². The van der Waals surface area contributed by atoms with Gasteiger partial charge in [0.15, 0.2) is 0 Å². The van der Waals surface area contributed by atoms with Gasteiger partial charge >= 0.3 is 6.03 Å². The van der Waals surface area contributed by atoms with E-state index < -0.39 is 5.41 Å². The predicted octanol–water partition coefficient (Wildman–Crippen LogP) is 4.04. The van der Waals surface area contributed by atoms with Crippen LogP contribution in [0, 0.1) is 11.3 Å². The summed E-state index contributed by atoms with van der Waals surface area (Å²) in [5.41, 5.74) is 2.73. The fourth-order valence-electron chi connectivity index (χ4n) is 5.39. The Morgan fingerprint density at radius 3 is 2.89 bits per heavy atom. The van der Waals surface area contributed by atoms with Gasteiger partial charge in [-0.05, 0) is 62.9 Å². The van der Waals surface area contributed by atoms with Crippen molar-refractivity contribution in [1.29, 1.82) is 5.26 Å². The average molecular weight is 506 g/mol. The molecule has 3 heterocycles. The number of aromatic nitrogens is 3. The van der Waals surface area contributed by atoms with Gasteiger partial charge in [0.1, 0.15) is 5.82 Å². The zero-order chi connectivity index (χ0) is 25.4. The second-order valence-electron chi connectivity index (χ2n) is 9.82. The number of unbranched alkanes of at least 4 members (excludes halogenated alkanes) is 1. The highest BCUT2D eigenvalue weighted by Crippen LogP contribution is 2.53. The molecule has 1 aliphatic heterocycles. The lowest BCUT2D eigenvalue weighted by molar-refractivity contribution is -0.127. The first-order valence-corrected chi connectivity index (χ1v) is 12.6. The Morgan fingerprint density at radius 2 is 2.14 bits per heavy atom. The third-order valence-electron chi connectivity index (χ3n) is 6.96. The van der Waals surface area contributed by atoms with Crippen molar-refractivity contribution in [3.63, 3.8) is 0 Å². The summed E-state index contributed by atoms with van der Waals surface area (Å²) in [7, 11) is 0. The van der Waals surface area contributed by atoms with Crippen molar-refractivity contribution in [2.24, 2.45) is 0 Å². The second kappa shape index (κ2) is 9.43. The Hall–Kier alpha value is -3.64. The molecular formula is C26H28ClN7O2. The molecule has 186 valence electrons. The Balaban J connectivity index is 1.43. The minimum Gasteiger partial charge on any atom is -0.336 e. The van der Waals surface area contributed by atoms with E-state index in [1.54, 1.807) is 17.3 Å². The first-order chi connectivity index (χ1) is 17.3. The van der Waals surface area contributed by atoms with Crippen molar-refractivity contribution < 1.29 is 9.59 Å². The van der Waals surface area contributed by atoms with Gasteiger partial charge in [-0.1, -0.05) is 11.6 Å². The summed E-state index contributed by atoms with van der Waals surface area (Å²) in [5.74, 6) is 0.734. The number of aryl methyl sites for hydroxylation is 1. The maximum Gasteiger partial charge on any atom is 0.315 e. The largest absolute Gasteiger partial charge is 0.336 e. The highest BCUT2D eigenvalue weighted by molar-refractivity contribution is 6.31. The number of pyridine rings is 1. The lowest BCUT2D eigenvalue weighted by Gasteiger charge is -2.44. The molecule has 1 aromatic carbocycles. The zero-order valence-corrected chi connectivity index (χ0v) is 21.0. The van der Waals surface area contributed by atoms with Crippen LogP contribution in [-0.2, 0) is 23.3 Å². The Kier molecular flexibility index (Phi) is 6.31. The van der Waals surface area contributed by atoms with Gasteiger partial charge in [-0.25, -0.2) is 9.78 Å². The van der Waals surface area contributed by atoms with Gasteiger partial charge in [0, 0.05) is 36.3 Å². The first kappa shape index (κ1) is 24.1. The maximum absolute atomic E-state index is 13.9. The van der Waals surface area contributed by atoms with E-state index in [1.807, 2.05) is 38.1 Å². The number of anilines is 1. The molecule has 0 bridgehead atoms. The number of fused-ring (bicyclic) bond motifs is 3. The number of benzene rings is 1. The highest BCUT2D eigenvalue weighted by atomic mass is 35.5. The van der Waals surface area contributed by atoms with Crippen molar-refractivity contribution in [1.82, 2.24) is 25.2 Å². The van der Waals surface area contributed by atoms with Crippen LogP contribution in [0.1, 0.15) is 50.9 Å². The standard InChI is InChI=1S/C26H28ClN7O2/c1-16(2)30-25(36)31-18-12-26(13-18)19-7-9-29-14-22(19)34(24(26)35)15-23-32-20-11-17(27)5-6-21(20)33(23)10-4-3-8-28/h5-7,9,11,14,16,18H,3-4,10,12-13,15H2,1-2H3,(H2,30,31,36). The summed E-state index contributed by atoms with van der Waals surface area (Å²) in [6.45, 7) is 4.71. The van der Waals surface area contributed by atoms with E-state index in [9.17, 15) is 9.59 Å². The number of urea groups is 1. The predicted molar refractivity (Wildman–Crippen MR) is 137 cm³/mol. The summed E-state index contributed by atoms with van der Waals surface area (Å²) in [4.78, 5) is 36.9. The third kappa shape index (κ3) is 4.16. The molecule has 1 spiro atoms. The number of carbonyl (C=O) groups excluding carboxylic acids is 2. The van der Waals surface area contributed by atoms with E-state index in [2.05, 4.69) is 26.3 Å². The van der Waals surface area contributed by atoms with Crippen molar-refractivity contribution >= 4 is 40.3 Å². The molecule has 36 heavy (non-hydrogen) atoms. The highest BCUT2D eigenvalue weighted by Gasteiger charge is 2.58. The van der Waals surface area contributed by atoms with Gasteiger partial charge in [0.05, 0.1) is 40.9 Å². The molecule has 3 amide bonds. The summed E-state index contributed by atoms with van der Waals surface area (Å²) in [6.07, 6.45) is 5.64. The lowest BCUT2D eigenvalue weighted by Crippen LogP contribution is -2.59. The molecule has 2 aromatic heterocycles. The summed E-state index contributed by atoms with van der Waals surface area (Å²) in [5, 5.41) is 15.4. The monoisotopic (exact) mass is 505 g/mol. The second-order valence-corrected chi connectivity index (χ2v) is 10.3. The number of imidazole rings is 1. The number of amides is 3. The molecule has 1 saturated carbocycles. The molecule has 0 unspecified atom stereocenters. The van der Waals surface area contributed by atoms with Crippen LogP contribution in [0.2, 0.25) is 5.02 Å². The van der Waals surface area contributed by atoms with Crippen LogP contribution in [0.4, 0.5) is 10.5 Å². The number of hydrogen-bond donors (Lipinski definition) is 2. The fourth-order valence-corrected chi connectivity index (χ4v) is 5.56. The maximum atomic E-state index is 13.9. The number of carbonyl (C=O) groups is 2. The van der Waals surface area contributed by atoms with Crippen LogP contribution in [0.5, 0.6) is 0 Å². The van der Waals surface area contributed by atoms with Crippen LogP contribution >= 0.6 is 11.6 Å². The molecule has 0 atom stereocenters. The number of rotatable bonds is 7.